The van der Waals surface area contributed by atoms with Gasteiger partial charge in [-0.3, -0.25) is 4.68 Å². The average molecular weight is 317 g/mol. The molecule has 1 N–H and O–H groups in total. The Bertz CT molecular complexity index is 529. The molecule has 17 heavy (non-hydrogen) atoms. The number of nitrogens with zero attached hydrogens (tertiary/aromatic N) is 3. The molecule has 0 fully saturated rings. The maximum absolute atomic E-state index is 10.0. The van der Waals surface area contributed by atoms with E-state index in [-0.39, 0.29) is 0 Å². The molecule has 1 aromatic carbocycles. The van der Waals surface area contributed by atoms with E-state index in [4.69, 9.17) is 11.6 Å². The summed E-state index contributed by atoms with van der Waals surface area (Å²) in [5.74, 6) is 0. The summed E-state index contributed by atoms with van der Waals surface area (Å²) in [6, 6.07) is 5.39. The molecular formula is C11H11BrClN3O. The molecule has 2 aromatic rings. The van der Waals surface area contributed by atoms with Gasteiger partial charge in [-0.05, 0) is 33.6 Å². The van der Waals surface area contributed by atoms with E-state index in [0.29, 0.717) is 11.4 Å². The van der Waals surface area contributed by atoms with Crippen molar-refractivity contribution < 1.29 is 5.11 Å². The number of aromatic nitrogens is 3. The van der Waals surface area contributed by atoms with Gasteiger partial charge < -0.3 is 5.11 Å². The van der Waals surface area contributed by atoms with Crippen molar-refractivity contribution in [3.8, 4) is 0 Å². The zero-order valence-corrected chi connectivity index (χ0v) is 11.5. The van der Waals surface area contributed by atoms with Crippen LogP contribution < -0.4 is 0 Å². The van der Waals surface area contributed by atoms with Gasteiger partial charge in [-0.1, -0.05) is 22.9 Å². The second-order valence-electron chi connectivity index (χ2n) is 3.78. The monoisotopic (exact) mass is 315 g/mol. The lowest BCUT2D eigenvalue weighted by Crippen LogP contribution is -2.02. The van der Waals surface area contributed by atoms with E-state index in [1.54, 1.807) is 24.0 Å². The molecule has 0 radical (unpaired) electrons. The minimum atomic E-state index is -0.628. The highest BCUT2D eigenvalue weighted by molar-refractivity contribution is 9.10. The summed E-state index contributed by atoms with van der Waals surface area (Å²) in [6.07, 6.45) is 1.58. The Balaban J connectivity index is 2.14. The number of aliphatic hydroxyl groups is 1. The summed E-state index contributed by atoms with van der Waals surface area (Å²) in [5.41, 5.74) is 1.52. The number of aliphatic hydroxyl groups excluding tert-OH is 1. The van der Waals surface area contributed by atoms with E-state index in [0.717, 1.165) is 15.7 Å². The fourth-order valence-corrected chi connectivity index (χ4v) is 1.96. The average Bonchev–Trinajstić information content (AvgIpc) is 2.68. The van der Waals surface area contributed by atoms with Crippen LogP contribution in [0.25, 0.3) is 0 Å². The van der Waals surface area contributed by atoms with Crippen LogP contribution in [-0.2, 0) is 13.5 Å². The van der Waals surface area contributed by atoms with Crippen molar-refractivity contribution in [3.05, 3.63) is 45.1 Å². The predicted molar refractivity (Wildman–Crippen MR) is 68.8 cm³/mol. The third-order valence-electron chi connectivity index (χ3n) is 2.38. The lowest BCUT2D eigenvalue weighted by atomic mass is 10.1. The number of hydrogen-bond acceptors (Lipinski definition) is 3. The lowest BCUT2D eigenvalue weighted by molar-refractivity contribution is 0.177. The maximum Gasteiger partial charge on any atom is 0.0856 e. The van der Waals surface area contributed by atoms with E-state index in [1.807, 2.05) is 12.1 Å². The fraction of sp³-hybridized carbons (Fsp3) is 0.273. The van der Waals surface area contributed by atoms with Crippen LogP contribution >= 0.6 is 27.5 Å². The van der Waals surface area contributed by atoms with E-state index >= 15 is 0 Å². The molecule has 0 saturated heterocycles. The van der Waals surface area contributed by atoms with Gasteiger partial charge in [0, 0.05) is 24.1 Å². The Morgan fingerprint density at radius 3 is 2.88 bits per heavy atom. The van der Waals surface area contributed by atoms with Crippen LogP contribution in [0.3, 0.4) is 0 Å². The SMILES string of the molecule is Cn1cc(CC(O)c2ccc(Br)c(Cl)c2)nn1. The molecule has 0 saturated carbocycles. The standard InChI is InChI=1S/C11H11BrClN3O/c1-16-6-8(14-15-16)5-11(17)7-2-3-9(12)10(13)4-7/h2-4,6,11,17H,5H2,1H3. The maximum atomic E-state index is 10.0. The number of aryl methyl sites for hydroxylation is 1. The van der Waals surface area contributed by atoms with Crippen LogP contribution in [0.1, 0.15) is 17.4 Å². The van der Waals surface area contributed by atoms with Gasteiger partial charge >= 0.3 is 0 Å². The minimum absolute atomic E-state index is 0.422. The number of halogens is 2. The van der Waals surface area contributed by atoms with E-state index < -0.39 is 6.10 Å². The van der Waals surface area contributed by atoms with Crippen molar-refractivity contribution >= 4 is 27.5 Å². The normalized spacial score (nSPS) is 12.7. The molecule has 0 aliphatic carbocycles. The first kappa shape index (κ1) is 12.5. The Morgan fingerprint density at radius 1 is 1.53 bits per heavy atom. The number of hydrogen-bond donors (Lipinski definition) is 1. The Labute approximate surface area is 112 Å². The smallest absolute Gasteiger partial charge is 0.0856 e. The van der Waals surface area contributed by atoms with Crippen LogP contribution in [0.5, 0.6) is 0 Å². The van der Waals surface area contributed by atoms with E-state index in [9.17, 15) is 5.11 Å². The molecule has 1 atom stereocenters. The van der Waals surface area contributed by atoms with Gasteiger partial charge in [0.1, 0.15) is 0 Å². The van der Waals surface area contributed by atoms with Crippen molar-refractivity contribution in [1.29, 1.82) is 0 Å². The van der Waals surface area contributed by atoms with Crippen LogP contribution in [0.15, 0.2) is 28.9 Å². The summed E-state index contributed by atoms with van der Waals surface area (Å²) < 4.78 is 2.42. The van der Waals surface area contributed by atoms with Crippen molar-refractivity contribution in [2.75, 3.05) is 0 Å². The summed E-state index contributed by atoms with van der Waals surface area (Å²) >= 11 is 9.28. The summed E-state index contributed by atoms with van der Waals surface area (Å²) in [4.78, 5) is 0. The van der Waals surface area contributed by atoms with Crippen LogP contribution in [-0.4, -0.2) is 20.1 Å². The van der Waals surface area contributed by atoms with Gasteiger partial charge in [-0.15, -0.1) is 5.10 Å². The molecule has 0 bridgehead atoms. The summed E-state index contributed by atoms with van der Waals surface area (Å²) in [6.45, 7) is 0. The highest BCUT2D eigenvalue weighted by Crippen LogP contribution is 2.27. The Morgan fingerprint density at radius 2 is 2.29 bits per heavy atom. The molecule has 90 valence electrons. The molecule has 0 spiro atoms. The topological polar surface area (TPSA) is 50.9 Å². The van der Waals surface area contributed by atoms with Gasteiger partial charge in [0.25, 0.3) is 0 Å². The summed E-state index contributed by atoms with van der Waals surface area (Å²) in [5, 5.41) is 18.4. The lowest BCUT2D eigenvalue weighted by Gasteiger charge is -2.09. The first-order valence-corrected chi connectivity index (χ1v) is 6.21. The zero-order valence-electron chi connectivity index (χ0n) is 9.14. The van der Waals surface area contributed by atoms with Crippen molar-refractivity contribution in [2.24, 2.45) is 7.05 Å². The fourth-order valence-electron chi connectivity index (χ4n) is 1.52. The molecule has 0 amide bonds. The first-order chi connectivity index (χ1) is 8.06. The Hall–Kier alpha value is -0.910. The molecule has 6 heteroatoms. The minimum Gasteiger partial charge on any atom is -0.388 e. The van der Waals surface area contributed by atoms with Crippen molar-refractivity contribution in [1.82, 2.24) is 15.0 Å². The second-order valence-corrected chi connectivity index (χ2v) is 5.04. The number of rotatable bonds is 3. The van der Waals surface area contributed by atoms with Gasteiger partial charge in [0.2, 0.25) is 0 Å². The largest absolute Gasteiger partial charge is 0.388 e. The van der Waals surface area contributed by atoms with E-state index in [2.05, 4.69) is 26.2 Å². The summed E-state index contributed by atoms with van der Waals surface area (Å²) in [7, 11) is 1.79. The molecule has 0 aliphatic rings. The molecule has 1 heterocycles. The van der Waals surface area contributed by atoms with Gasteiger partial charge in [-0.25, -0.2) is 0 Å². The third kappa shape index (κ3) is 3.06. The van der Waals surface area contributed by atoms with Crippen LogP contribution in [0.2, 0.25) is 5.02 Å². The predicted octanol–water partition coefficient (Wildman–Crippen LogP) is 2.51. The third-order valence-corrected chi connectivity index (χ3v) is 3.61. The molecule has 1 unspecified atom stereocenters. The first-order valence-electron chi connectivity index (χ1n) is 5.04. The quantitative estimate of drug-likeness (QED) is 0.946. The second kappa shape index (κ2) is 5.16. The molecule has 0 aliphatic heterocycles. The number of benzene rings is 1. The molecule has 1 aromatic heterocycles. The van der Waals surface area contributed by atoms with Gasteiger partial charge in [0.05, 0.1) is 16.8 Å². The van der Waals surface area contributed by atoms with Crippen molar-refractivity contribution in [3.63, 3.8) is 0 Å². The van der Waals surface area contributed by atoms with Crippen molar-refractivity contribution in [2.45, 2.75) is 12.5 Å². The van der Waals surface area contributed by atoms with Crippen LogP contribution in [0, 0.1) is 0 Å². The zero-order chi connectivity index (χ0) is 12.4. The molecule has 4 nitrogen and oxygen atoms in total. The van der Waals surface area contributed by atoms with E-state index in [1.165, 1.54) is 0 Å². The highest BCUT2D eigenvalue weighted by atomic mass is 79.9. The molecular weight excluding hydrogens is 305 g/mol. The van der Waals surface area contributed by atoms with Gasteiger partial charge in [0.15, 0.2) is 0 Å². The van der Waals surface area contributed by atoms with Crippen LogP contribution in [0.4, 0.5) is 0 Å². The highest BCUT2D eigenvalue weighted by Gasteiger charge is 2.12. The van der Waals surface area contributed by atoms with Gasteiger partial charge in [-0.2, -0.15) is 0 Å². The molecule has 2 rings (SSSR count). The Kier molecular flexibility index (Phi) is 3.81.